The van der Waals surface area contributed by atoms with Gasteiger partial charge < -0.3 is 25.2 Å². The average molecular weight is 436 g/mol. The molecule has 166 valence electrons. The summed E-state index contributed by atoms with van der Waals surface area (Å²) in [7, 11) is 1.64. The van der Waals surface area contributed by atoms with Crippen molar-refractivity contribution in [2.45, 2.75) is 99.6 Å². The third-order valence-electron chi connectivity index (χ3n) is 2.44. The first-order valence-corrected chi connectivity index (χ1v) is 9.42. The molecule has 4 N–H and O–H groups in total. The topological polar surface area (TPSA) is 90.2 Å². The van der Waals surface area contributed by atoms with E-state index in [2.05, 4.69) is 20.8 Å². The maximum Gasteiger partial charge on any atom is 0.124 e. The van der Waals surface area contributed by atoms with Crippen LogP contribution in [0.3, 0.4) is 0 Å². The zero-order valence-corrected chi connectivity index (χ0v) is 21.4. The van der Waals surface area contributed by atoms with E-state index in [0.717, 1.165) is 16.7 Å². The van der Waals surface area contributed by atoms with Crippen molar-refractivity contribution in [3.63, 3.8) is 0 Å². The molecule has 0 spiro atoms. The Balaban J connectivity index is -0.000000183. The van der Waals surface area contributed by atoms with E-state index in [9.17, 15) is 5.11 Å². The van der Waals surface area contributed by atoms with Crippen LogP contribution in [0, 0.1) is 6.92 Å². The average Bonchev–Trinajstić information content (AvgIpc) is 2.39. The van der Waals surface area contributed by atoms with Gasteiger partial charge in [0.2, 0.25) is 0 Å². The van der Waals surface area contributed by atoms with E-state index in [-0.39, 0.29) is 45.4 Å². The molecular weight excluding hydrogens is 392 g/mol. The van der Waals surface area contributed by atoms with Crippen LogP contribution >= 0.6 is 0 Å². The Morgan fingerprint density at radius 3 is 1.43 bits per heavy atom. The molecule has 28 heavy (non-hydrogen) atoms. The summed E-state index contributed by atoms with van der Waals surface area (Å²) in [4.78, 5) is 0. The Labute approximate surface area is 188 Å². The van der Waals surface area contributed by atoms with Gasteiger partial charge in [-0.15, -0.1) is 0 Å². The molecule has 1 rings (SSSR count). The molecule has 0 saturated carbocycles. The van der Waals surface area contributed by atoms with Gasteiger partial charge in [0.1, 0.15) is 5.75 Å². The van der Waals surface area contributed by atoms with Crippen molar-refractivity contribution >= 4 is 0 Å². The van der Waals surface area contributed by atoms with Gasteiger partial charge in [-0.3, -0.25) is 0 Å². The smallest absolute Gasteiger partial charge is 0.124 e. The van der Waals surface area contributed by atoms with E-state index < -0.39 is 0 Å². The second-order valence-corrected chi connectivity index (χ2v) is 8.28. The van der Waals surface area contributed by atoms with Gasteiger partial charge in [-0.1, -0.05) is 38.5 Å². The summed E-state index contributed by atoms with van der Waals surface area (Å²) in [6.45, 7) is 19.1. The molecule has 6 heteroatoms. The Morgan fingerprint density at radius 2 is 1.18 bits per heavy atom. The molecule has 1 aromatic rings. The number of aryl methyl sites for hydroxylation is 1. The SMILES string of the molecule is CC(C)O.CC(C)O.CC(C)O.COCc1cc(C)cc(C(C)(C)C)c1O.[Ti]. The number of aromatic hydroxyl groups is 1. The second-order valence-electron chi connectivity index (χ2n) is 8.28. The van der Waals surface area contributed by atoms with Crippen LogP contribution in [0.25, 0.3) is 0 Å². The molecule has 5 nitrogen and oxygen atoms in total. The molecule has 0 fully saturated rings. The number of hydrogen-bond donors (Lipinski definition) is 4. The van der Waals surface area contributed by atoms with E-state index in [4.69, 9.17) is 20.1 Å². The van der Waals surface area contributed by atoms with Gasteiger partial charge in [-0.25, -0.2) is 0 Å². The fourth-order valence-corrected chi connectivity index (χ4v) is 1.69. The first-order chi connectivity index (χ1) is 12.1. The summed E-state index contributed by atoms with van der Waals surface area (Å²) in [5.74, 6) is 0.370. The monoisotopic (exact) mass is 436 g/mol. The summed E-state index contributed by atoms with van der Waals surface area (Å²) in [6.07, 6.45) is -0.500. The van der Waals surface area contributed by atoms with E-state index in [1.807, 2.05) is 19.1 Å². The maximum atomic E-state index is 10.1. The first kappa shape index (κ1) is 35.0. The number of rotatable bonds is 2. The van der Waals surface area contributed by atoms with Crippen molar-refractivity contribution < 1.29 is 46.9 Å². The summed E-state index contributed by atoms with van der Waals surface area (Å²) >= 11 is 0. The Hall–Kier alpha value is -0.426. The number of ether oxygens (including phenoxy) is 1. The van der Waals surface area contributed by atoms with Crippen LogP contribution in [0.5, 0.6) is 5.75 Å². The summed E-state index contributed by atoms with van der Waals surface area (Å²) < 4.78 is 5.07. The molecule has 0 amide bonds. The Morgan fingerprint density at radius 1 is 0.857 bits per heavy atom. The molecule has 0 aliphatic carbocycles. The molecule has 0 saturated heterocycles. The summed E-state index contributed by atoms with van der Waals surface area (Å²) in [5.41, 5.74) is 2.96. The Bertz CT molecular complexity index is 458. The number of aliphatic hydroxyl groups is 3. The van der Waals surface area contributed by atoms with E-state index in [0.29, 0.717) is 12.4 Å². The van der Waals surface area contributed by atoms with Crippen LogP contribution in [0.2, 0.25) is 0 Å². The second kappa shape index (κ2) is 18.6. The zero-order valence-electron chi connectivity index (χ0n) is 19.8. The van der Waals surface area contributed by atoms with E-state index in [1.54, 1.807) is 48.7 Å². The summed E-state index contributed by atoms with van der Waals surface area (Å²) in [6, 6.07) is 4.00. The van der Waals surface area contributed by atoms with Crippen LogP contribution in [-0.4, -0.2) is 45.8 Å². The van der Waals surface area contributed by atoms with Gasteiger partial charge in [0.05, 0.1) is 6.61 Å². The van der Waals surface area contributed by atoms with Crippen molar-refractivity contribution in [3.05, 3.63) is 28.8 Å². The minimum Gasteiger partial charge on any atom is -0.507 e. The first-order valence-electron chi connectivity index (χ1n) is 9.42. The van der Waals surface area contributed by atoms with Gasteiger partial charge >= 0.3 is 0 Å². The van der Waals surface area contributed by atoms with Crippen molar-refractivity contribution in [1.82, 2.24) is 0 Å². The van der Waals surface area contributed by atoms with Crippen molar-refractivity contribution in [2.75, 3.05) is 7.11 Å². The molecule has 0 aromatic heterocycles. The minimum absolute atomic E-state index is 0. The summed E-state index contributed by atoms with van der Waals surface area (Å²) in [5, 5.41) is 34.3. The number of phenolic OH excluding ortho intramolecular Hbond substituents is 1. The molecular formula is C22H44O5Ti. The number of hydrogen-bond acceptors (Lipinski definition) is 5. The molecule has 0 heterocycles. The third-order valence-corrected chi connectivity index (χ3v) is 2.44. The Kier molecular flexibility index (Phi) is 23.3. The van der Waals surface area contributed by atoms with E-state index in [1.165, 1.54) is 0 Å². The quantitative estimate of drug-likeness (QED) is 0.519. The minimum atomic E-state index is -0.167. The van der Waals surface area contributed by atoms with Gasteiger partial charge in [0, 0.05) is 52.7 Å². The number of benzene rings is 1. The van der Waals surface area contributed by atoms with Crippen LogP contribution in [0.1, 0.15) is 79.0 Å². The van der Waals surface area contributed by atoms with Gasteiger partial charge in [-0.05, 0) is 59.4 Å². The standard InChI is InChI=1S/C13H20O2.3C3H8O.Ti/c1-9-6-10(8-15-5)12(14)11(7-9)13(2,3)4;3*1-3(2)4;/h6-7,14H,8H2,1-5H3;3*3-4H,1-2H3;. The van der Waals surface area contributed by atoms with Crippen LogP contribution in [0.15, 0.2) is 12.1 Å². The molecule has 0 radical (unpaired) electrons. The molecule has 1 aromatic carbocycles. The van der Waals surface area contributed by atoms with Gasteiger partial charge in [-0.2, -0.15) is 0 Å². The molecule has 0 aliphatic rings. The largest absolute Gasteiger partial charge is 0.507 e. The fraction of sp³-hybridized carbons (Fsp3) is 0.727. The van der Waals surface area contributed by atoms with Crippen LogP contribution in [-0.2, 0) is 38.5 Å². The zero-order chi connectivity index (χ0) is 22.4. The molecule has 0 bridgehead atoms. The van der Waals surface area contributed by atoms with Crippen LogP contribution in [0.4, 0.5) is 0 Å². The molecule has 0 atom stereocenters. The van der Waals surface area contributed by atoms with Crippen LogP contribution < -0.4 is 0 Å². The predicted molar refractivity (Wildman–Crippen MR) is 114 cm³/mol. The maximum absolute atomic E-state index is 10.1. The normalized spacial score (nSPS) is 10.2. The van der Waals surface area contributed by atoms with Crippen molar-refractivity contribution in [3.8, 4) is 5.75 Å². The fourth-order valence-electron chi connectivity index (χ4n) is 1.69. The van der Waals surface area contributed by atoms with Crippen molar-refractivity contribution in [1.29, 1.82) is 0 Å². The number of phenols is 1. The van der Waals surface area contributed by atoms with E-state index >= 15 is 0 Å². The third kappa shape index (κ3) is 25.6. The van der Waals surface area contributed by atoms with Gasteiger partial charge in [0.25, 0.3) is 0 Å². The van der Waals surface area contributed by atoms with Gasteiger partial charge in [0.15, 0.2) is 0 Å². The molecule has 0 unspecified atom stereocenters. The molecule has 0 aliphatic heterocycles. The van der Waals surface area contributed by atoms with Crippen molar-refractivity contribution in [2.24, 2.45) is 0 Å². The number of methoxy groups -OCH3 is 1. The predicted octanol–water partition coefficient (Wildman–Crippen LogP) is 4.30. The number of aliphatic hydroxyl groups excluding tert-OH is 3.